The van der Waals surface area contributed by atoms with Gasteiger partial charge >= 0.3 is 0 Å². The number of aliphatic imine (C=N–C) groups is 1. The number of thioether (sulfide) groups is 1. The molecule has 1 aliphatic carbocycles. The number of rotatable bonds is 3. The minimum absolute atomic E-state index is 0.554. The van der Waals surface area contributed by atoms with Crippen LogP contribution in [0.3, 0.4) is 0 Å². The molecule has 1 heterocycles. The minimum atomic E-state index is 0.554. The van der Waals surface area contributed by atoms with Gasteiger partial charge in [0.15, 0.2) is 5.17 Å². The van der Waals surface area contributed by atoms with Gasteiger partial charge in [0.1, 0.15) is 0 Å². The quantitative estimate of drug-likeness (QED) is 0.917. The molecule has 1 saturated carbocycles. The van der Waals surface area contributed by atoms with Gasteiger partial charge in [0.05, 0.1) is 12.6 Å². The molecule has 0 saturated heterocycles. The number of hydrogen-bond donors (Lipinski definition) is 1. The van der Waals surface area contributed by atoms with Crippen molar-refractivity contribution in [3.63, 3.8) is 0 Å². The van der Waals surface area contributed by atoms with Crippen molar-refractivity contribution in [3.8, 4) is 0 Å². The van der Waals surface area contributed by atoms with E-state index in [1.54, 1.807) is 7.11 Å². The highest BCUT2D eigenvalue weighted by molar-refractivity contribution is 8.14. The maximum absolute atomic E-state index is 5.24. The van der Waals surface area contributed by atoms with Crippen molar-refractivity contribution in [1.29, 1.82) is 0 Å². The van der Waals surface area contributed by atoms with Gasteiger partial charge in [-0.2, -0.15) is 0 Å². The lowest BCUT2D eigenvalue weighted by atomic mass is 10.1. The van der Waals surface area contributed by atoms with Crippen LogP contribution in [0.1, 0.15) is 24.8 Å². The predicted molar refractivity (Wildman–Crippen MR) is 81.8 cm³/mol. The summed E-state index contributed by atoms with van der Waals surface area (Å²) >= 11 is 1.86. The average molecular weight is 276 g/mol. The number of nitrogens with zero attached hydrogens (tertiary/aromatic N) is 1. The number of amidine groups is 1. The van der Waals surface area contributed by atoms with Gasteiger partial charge in [0, 0.05) is 24.1 Å². The number of benzene rings is 1. The normalized spacial score (nSPS) is 25.8. The van der Waals surface area contributed by atoms with E-state index in [2.05, 4.69) is 17.4 Å². The second-order valence-corrected chi connectivity index (χ2v) is 6.23. The molecule has 102 valence electrons. The molecule has 2 unspecified atom stereocenters. The summed E-state index contributed by atoms with van der Waals surface area (Å²) in [6, 6.07) is 8.84. The van der Waals surface area contributed by atoms with E-state index in [1.165, 1.54) is 30.6 Å². The first kappa shape index (κ1) is 13.0. The Labute approximate surface area is 118 Å². The molecule has 3 nitrogen and oxygen atoms in total. The maximum Gasteiger partial charge on any atom is 0.161 e. The summed E-state index contributed by atoms with van der Waals surface area (Å²) in [4.78, 5) is 4.87. The Bertz CT molecular complexity index is 475. The fraction of sp³-hybridized carbons (Fsp3) is 0.533. The minimum Gasteiger partial charge on any atom is -0.380 e. The van der Waals surface area contributed by atoms with Crippen molar-refractivity contribution in [2.24, 2.45) is 10.9 Å². The standard InChI is InChI=1S/C15H20N2OS/c1-18-9-11-5-2-3-7-13(11)16-15-17-14-8-4-6-12(14)10-19-15/h2-3,5,7,12,14H,4,6,8-10H2,1H3,(H,16,17). The number of hydrogen-bond acceptors (Lipinski definition) is 4. The number of para-hydroxylation sites is 1. The highest BCUT2D eigenvalue weighted by Crippen LogP contribution is 2.35. The van der Waals surface area contributed by atoms with Crippen molar-refractivity contribution in [2.45, 2.75) is 31.9 Å². The fourth-order valence-electron chi connectivity index (χ4n) is 2.86. The first-order chi connectivity index (χ1) is 9.36. The van der Waals surface area contributed by atoms with Crippen LogP contribution in [0.25, 0.3) is 0 Å². The zero-order valence-electron chi connectivity index (χ0n) is 11.3. The van der Waals surface area contributed by atoms with Gasteiger partial charge in [-0.05, 0) is 24.8 Å². The molecule has 0 amide bonds. The van der Waals surface area contributed by atoms with Crippen LogP contribution >= 0.6 is 11.8 Å². The first-order valence-corrected chi connectivity index (χ1v) is 7.90. The Morgan fingerprint density at radius 3 is 3.16 bits per heavy atom. The Balaban J connectivity index is 1.74. The van der Waals surface area contributed by atoms with Crippen LogP contribution in [-0.2, 0) is 11.3 Å². The monoisotopic (exact) mass is 276 g/mol. The summed E-state index contributed by atoms with van der Waals surface area (Å²) in [5, 5.41) is 4.56. The molecule has 2 aliphatic rings. The van der Waals surface area contributed by atoms with E-state index in [0.717, 1.165) is 16.8 Å². The second-order valence-electron chi connectivity index (χ2n) is 5.22. The molecule has 1 aliphatic heterocycles. The van der Waals surface area contributed by atoms with E-state index in [9.17, 15) is 0 Å². The molecular weight excluding hydrogens is 256 g/mol. The highest BCUT2D eigenvalue weighted by Gasteiger charge is 2.31. The van der Waals surface area contributed by atoms with Crippen LogP contribution in [0.2, 0.25) is 0 Å². The first-order valence-electron chi connectivity index (χ1n) is 6.91. The fourth-order valence-corrected chi connectivity index (χ4v) is 4.02. The Kier molecular flexibility index (Phi) is 4.09. The van der Waals surface area contributed by atoms with E-state index in [-0.39, 0.29) is 0 Å². The van der Waals surface area contributed by atoms with E-state index in [0.29, 0.717) is 12.6 Å². The second kappa shape index (κ2) is 5.97. The van der Waals surface area contributed by atoms with Crippen molar-refractivity contribution in [1.82, 2.24) is 0 Å². The summed E-state index contributed by atoms with van der Waals surface area (Å²) < 4.78 is 5.24. The Morgan fingerprint density at radius 2 is 2.26 bits per heavy atom. The zero-order chi connectivity index (χ0) is 13.1. The van der Waals surface area contributed by atoms with E-state index < -0.39 is 0 Å². The number of ether oxygens (including phenoxy) is 1. The lowest BCUT2D eigenvalue weighted by molar-refractivity contribution is 0.185. The van der Waals surface area contributed by atoms with Crippen molar-refractivity contribution < 1.29 is 4.74 Å². The van der Waals surface area contributed by atoms with Crippen molar-refractivity contribution in [3.05, 3.63) is 29.8 Å². The lowest BCUT2D eigenvalue weighted by Gasteiger charge is -2.24. The molecule has 1 aromatic rings. The van der Waals surface area contributed by atoms with Crippen LogP contribution in [0.15, 0.2) is 29.3 Å². The third kappa shape index (κ3) is 2.95. The third-order valence-corrected chi connectivity index (χ3v) is 4.97. The Morgan fingerprint density at radius 1 is 1.37 bits per heavy atom. The van der Waals surface area contributed by atoms with Gasteiger partial charge in [-0.25, -0.2) is 0 Å². The van der Waals surface area contributed by atoms with Crippen molar-refractivity contribution >= 4 is 22.6 Å². The summed E-state index contributed by atoms with van der Waals surface area (Å²) in [6.07, 6.45) is 3.96. The summed E-state index contributed by atoms with van der Waals surface area (Å²) in [7, 11) is 1.73. The van der Waals surface area contributed by atoms with Crippen LogP contribution in [-0.4, -0.2) is 24.1 Å². The van der Waals surface area contributed by atoms with Gasteiger partial charge in [-0.15, -0.1) is 0 Å². The Hall–Kier alpha value is -1.000. The van der Waals surface area contributed by atoms with Crippen LogP contribution in [0, 0.1) is 5.92 Å². The molecule has 1 aromatic carbocycles. The van der Waals surface area contributed by atoms with Crippen LogP contribution < -0.4 is 5.32 Å². The van der Waals surface area contributed by atoms with Crippen LogP contribution in [0.4, 0.5) is 5.69 Å². The van der Waals surface area contributed by atoms with Gasteiger partial charge < -0.3 is 10.1 Å². The molecule has 2 atom stereocenters. The van der Waals surface area contributed by atoms with Gasteiger partial charge in [-0.3, -0.25) is 4.99 Å². The molecular formula is C15H20N2OS. The SMILES string of the molecule is COCc1ccccc1NC1=NC2CCCC2CS1. The lowest BCUT2D eigenvalue weighted by Crippen LogP contribution is -2.25. The largest absolute Gasteiger partial charge is 0.380 e. The third-order valence-electron chi connectivity index (χ3n) is 3.89. The smallest absolute Gasteiger partial charge is 0.161 e. The predicted octanol–water partition coefficient (Wildman–Crippen LogP) is 3.52. The number of methoxy groups -OCH3 is 1. The maximum atomic E-state index is 5.24. The van der Waals surface area contributed by atoms with Crippen molar-refractivity contribution in [2.75, 3.05) is 18.2 Å². The molecule has 0 bridgehead atoms. The van der Waals surface area contributed by atoms with Crippen LogP contribution in [0.5, 0.6) is 0 Å². The van der Waals surface area contributed by atoms with E-state index >= 15 is 0 Å². The summed E-state index contributed by atoms with van der Waals surface area (Å²) in [5.74, 6) is 2.02. The molecule has 1 fully saturated rings. The highest BCUT2D eigenvalue weighted by atomic mass is 32.2. The van der Waals surface area contributed by atoms with Gasteiger partial charge in [-0.1, -0.05) is 36.4 Å². The topological polar surface area (TPSA) is 33.6 Å². The molecule has 3 rings (SSSR count). The molecule has 0 aromatic heterocycles. The summed E-state index contributed by atoms with van der Waals surface area (Å²) in [6.45, 7) is 0.632. The molecule has 4 heteroatoms. The number of nitrogens with one attached hydrogen (secondary N) is 1. The average Bonchev–Trinajstić information content (AvgIpc) is 2.89. The number of fused-ring (bicyclic) bond motifs is 1. The number of anilines is 1. The van der Waals surface area contributed by atoms with Gasteiger partial charge in [0.25, 0.3) is 0 Å². The van der Waals surface area contributed by atoms with E-state index in [4.69, 9.17) is 9.73 Å². The molecule has 1 N–H and O–H groups in total. The van der Waals surface area contributed by atoms with Gasteiger partial charge in [0.2, 0.25) is 0 Å². The molecule has 0 radical (unpaired) electrons. The van der Waals surface area contributed by atoms with E-state index in [1.807, 2.05) is 23.9 Å². The molecule has 19 heavy (non-hydrogen) atoms. The molecule has 0 spiro atoms. The summed E-state index contributed by atoms with van der Waals surface area (Å²) in [5.41, 5.74) is 2.30. The zero-order valence-corrected chi connectivity index (χ0v) is 12.1.